The molecule has 1 atom stereocenters. The van der Waals surface area contributed by atoms with Crippen molar-refractivity contribution in [3.63, 3.8) is 0 Å². The molecular weight excluding hydrogens is 413 g/mol. The molecule has 0 aliphatic carbocycles. The Balaban J connectivity index is 1.48. The predicted molar refractivity (Wildman–Crippen MR) is 115 cm³/mol. The van der Waals surface area contributed by atoms with Crippen LogP contribution in [0, 0.1) is 25.1 Å². The van der Waals surface area contributed by atoms with Crippen molar-refractivity contribution in [2.45, 2.75) is 46.1 Å². The zero-order valence-electron chi connectivity index (χ0n) is 18.6. The first kappa shape index (κ1) is 22.1. The Morgan fingerprint density at radius 2 is 2.03 bits per heavy atom. The van der Waals surface area contributed by atoms with Crippen molar-refractivity contribution in [3.8, 4) is 11.3 Å². The second-order valence-corrected chi connectivity index (χ2v) is 8.44. The number of ether oxygens (including phenoxy) is 1. The van der Waals surface area contributed by atoms with Gasteiger partial charge in [-0.2, -0.15) is 5.10 Å². The SMILES string of the molecule is Cc1nc(C)n(C(C)CNC(=O)C2(Cc3cc(-c4ccccc4F)no3)CCOCC2)n1. The van der Waals surface area contributed by atoms with E-state index in [0.717, 1.165) is 5.82 Å². The van der Waals surface area contributed by atoms with Crippen molar-refractivity contribution in [3.05, 3.63) is 53.6 Å². The van der Waals surface area contributed by atoms with E-state index in [1.807, 2.05) is 25.5 Å². The third kappa shape index (κ3) is 4.57. The number of nitrogens with zero attached hydrogens (tertiary/aromatic N) is 4. The number of carbonyl (C=O) groups excluding carboxylic acids is 1. The Labute approximate surface area is 186 Å². The van der Waals surface area contributed by atoms with E-state index in [4.69, 9.17) is 9.26 Å². The molecule has 1 unspecified atom stereocenters. The molecule has 9 heteroatoms. The molecule has 0 bridgehead atoms. The summed E-state index contributed by atoms with van der Waals surface area (Å²) in [4.78, 5) is 17.7. The molecule has 0 saturated carbocycles. The maximum atomic E-state index is 14.1. The van der Waals surface area contributed by atoms with E-state index < -0.39 is 5.41 Å². The number of carbonyl (C=O) groups is 1. The fraction of sp³-hybridized carbons (Fsp3) is 0.478. The number of aromatic nitrogens is 4. The van der Waals surface area contributed by atoms with Crippen LogP contribution in [-0.4, -0.2) is 45.6 Å². The van der Waals surface area contributed by atoms with Crippen molar-refractivity contribution in [2.75, 3.05) is 19.8 Å². The predicted octanol–water partition coefficient (Wildman–Crippen LogP) is 3.41. The highest BCUT2D eigenvalue weighted by Crippen LogP contribution is 2.36. The molecule has 32 heavy (non-hydrogen) atoms. The monoisotopic (exact) mass is 441 g/mol. The van der Waals surface area contributed by atoms with Gasteiger partial charge < -0.3 is 14.6 Å². The third-order valence-corrected chi connectivity index (χ3v) is 6.04. The minimum Gasteiger partial charge on any atom is -0.381 e. The number of rotatable bonds is 7. The average Bonchev–Trinajstić information content (AvgIpc) is 3.38. The van der Waals surface area contributed by atoms with E-state index in [0.29, 0.717) is 61.9 Å². The summed E-state index contributed by atoms with van der Waals surface area (Å²) in [5, 5.41) is 11.5. The fourth-order valence-corrected chi connectivity index (χ4v) is 4.24. The molecule has 8 nitrogen and oxygen atoms in total. The number of halogens is 1. The lowest BCUT2D eigenvalue weighted by atomic mass is 9.75. The summed E-state index contributed by atoms with van der Waals surface area (Å²) in [6.45, 7) is 7.17. The van der Waals surface area contributed by atoms with Crippen molar-refractivity contribution in [1.82, 2.24) is 25.2 Å². The molecule has 170 valence electrons. The zero-order valence-corrected chi connectivity index (χ0v) is 18.6. The van der Waals surface area contributed by atoms with Crippen molar-refractivity contribution in [2.24, 2.45) is 5.41 Å². The van der Waals surface area contributed by atoms with Gasteiger partial charge in [-0.3, -0.25) is 4.79 Å². The van der Waals surface area contributed by atoms with Gasteiger partial charge in [-0.05, 0) is 45.7 Å². The highest BCUT2D eigenvalue weighted by molar-refractivity contribution is 5.83. The van der Waals surface area contributed by atoms with Crippen LogP contribution >= 0.6 is 0 Å². The molecule has 1 N–H and O–H groups in total. The van der Waals surface area contributed by atoms with Crippen molar-refractivity contribution < 1.29 is 18.4 Å². The Morgan fingerprint density at radius 3 is 2.72 bits per heavy atom. The van der Waals surface area contributed by atoms with Crippen LogP contribution in [0.1, 0.15) is 43.2 Å². The second kappa shape index (κ2) is 9.20. The zero-order chi connectivity index (χ0) is 22.7. The maximum absolute atomic E-state index is 14.1. The van der Waals surface area contributed by atoms with E-state index in [2.05, 4.69) is 20.6 Å². The van der Waals surface area contributed by atoms with E-state index in [-0.39, 0.29) is 17.8 Å². The smallest absolute Gasteiger partial charge is 0.226 e. The Morgan fingerprint density at radius 1 is 1.28 bits per heavy atom. The summed E-state index contributed by atoms with van der Waals surface area (Å²) in [7, 11) is 0. The Hall–Kier alpha value is -3.07. The minimum atomic E-state index is -0.669. The normalized spacial score (nSPS) is 16.6. The van der Waals surface area contributed by atoms with Gasteiger partial charge in [0.1, 0.15) is 28.9 Å². The highest BCUT2D eigenvalue weighted by Gasteiger charge is 2.41. The molecule has 3 heterocycles. The molecule has 1 aliphatic rings. The average molecular weight is 442 g/mol. The van der Waals surface area contributed by atoms with Gasteiger partial charge in [0.25, 0.3) is 0 Å². The first-order valence-corrected chi connectivity index (χ1v) is 10.8. The van der Waals surface area contributed by atoms with Crippen LogP contribution in [-0.2, 0) is 16.0 Å². The van der Waals surface area contributed by atoms with E-state index in [1.165, 1.54) is 6.07 Å². The van der Waals surface area contributed by atoms with E-state index in [1.54, 1.807) is 24.3 Å². The third-order valence-electron chi connectivity index (χ3n) is 6.04. The van der Waals surface area contributed by atoms with Crippen LogP contribution in [0.25, 0.3) is 11.3 Å². The number of nitrogens with one attached hydrogen (secondary N) is 1. The molecule has 1 aromatic carbocycles. The van der Waals surface area contributed by atoms with Crippen LogP contribution in [0.2, 0.25) is 0 Å². The lowest BCUT2D eigenvalue weighted by molar-refractivity contribution is -0.137. The van der Waals surface area contributed by atoms with E-state index in [9.17, 15) is 9.18 Å². The topological polar surface area (TPSA) is 95.1 Å². The Bertz CT molecular complexity index is 1090. The van der Waals surface area contributed by atoms with Gasteiger partial charge in [-0.1, -0.05) is 17.3 Å². The van der Waals surface area contributed by atoms with Crippen LogP contribution in [0.4, 0.5) is 4.39 Å². The summed E-state index contributed by atoms with van der Waals surface area (Å²) in [5.74, 6) is 1.66. The van der Waals surface area contributed by atoms with Crippen molar-refractivity contribution in [1.29, 1.82) is 0 Å². The largest absolute Gasteiger partial charge is 0.381 e. The highest BCUT2D eigenvalue weighted by atomic mass is 19.1. The first-order chi connectivity index (χ1) is 15.4. The molecule has 1 amide bonds. The standard InChI is InChI=1S/C23H28FN5O3/c1-15(29-17(3)26-16(2)27-29)14-25-22(30)23(8-10-31-11-9-23)13-18-12-21(28-32-18)19-6-4-5-7-20(19)24/h4-7,12,15H,8-11,13-14H2,1-3H3,(H,25,30). The summed E-state index contributed by atoms with van der Waals surface area (Å²) < 4.78 is 27.0. The molecule has 1 aliphatic heterocycles. The first-order valence-electron chi connectivity index (χ1n) is 10.8. The molecule has 0 spiro atoms. The summed E-state index contributed by atoms with van der Waals surface area (Å²) in [5.41, 5.74) is 0.129. The lowest BCUT2D eigenvalue weighted by Crippen LogP contribution is -2.47. The van der Waals surface area contributed by atoms with Gasteiger partial charge >= 0.3 is 0 Å². The quantitative estimate of drug-likeness (QED) is 0.604. The number of amides is 1. The summed E-state index contributed by atoms with van der Waals surface area (Å²) in [6, 6.07) is 8.10. The lowest BCUT2D eigenvalue weighted by Gasteiger charge is -2.35. The van der Waals surface area contributed by atoms with Gasteiger partial charge in [-0.15, -0.1) is 0 Å². The summed E-state index contributed by atoms with van der Waals surface area (Å²) in [6.07, 6.45) is 1.52. The number of hydrogen-bond donors (Lipinski definition) is 1. The van der Waals surface area contributed by atoms with Gasteiger partial charge in [0.05, 0.1) is 11.5 Å². The van der Waals surface area contributed by atoms with Crippen molar-refractivity contribution >= 4 is 5.91 Å². The van der Waals surface area contributed by atoms with Crippen LogP contribution < -0.4 is 5.32 Å². The number of aryl methyl sites for hydroxylation is 2. The molecule has 3 aromatic rings. The second-order valence-electron chi connectivity index (χ2n) is 8.44. The maximum Gasteiger partial charge on any atom is 0.226 e. The number of benzene rings is 1. The van der Waals surface area contributed by atoms with Gasteiger partial charge in [-0.25, -0.2) is 14.1 Å². The Kier molecular flexibility index (Phi) is 6.36. The summed E-state index contributed by atoms with van der Waals surface area (Å²) >= 11 is 0. The van der Waals surface area contributed by atoms with E-state index >= 15 is 0 Å². The molecule has 1 fully saturated rings. The molecule has 0 radical (unpaired) electrons. The fourth-order valence-electron chi connectivity index (χ4n) is 4.24. The molecule has 4 rings (SSSR count). The molecule has 2 aromatic heterocycles. The van der Waals surface area contributed by atoms with Crippen LogP contribution in [0.15, 0.2) is 34.9 Å². The molecule has 1 saturated heterocycles. The molecular formula is C23H28FN5O3. The van der Waals surface area contributed by atoms with Gasteiger partial charge in [0.15, 0.2) is 0 Å². The minimum absolute atomic E-state index is 0.0324. The number of hydrogen-bond acceptors (Lipinski definition) is 6. The van der Waals surface area contributed by atoms with Gasteiger partial charge in [0, 0.05) is 37.8 Å². The van der Waals surface area contributed by atoms with Gasteiger partial charge in [0.2, 0.25) is 5.91 Å². The van der Waals surface area contributed by atoms with Crippen LogP contribution in [0.5, 0.6) is 0 Å². The van der Waals surface area contributed by atoms with Crippen LogP contribution in [0.3, 0.4) is 0 Å².